The van der Waals surface area contributed by atoms with Crippen LogP contribution in [0.1, 0.15) is 31.7 Å². The van der Waals surface area contributed by atoms with E-state index in [1.54, 1.807) is 0 Å². The van der Waals surface area contributed by atoms with E-state index < -0.39 is 0 Å². The number of nitrogens with zero attached hydrogens (tertiary/aromatic N) is 1. The van der Waals surface area contributed by atoms with Crippen LogP contribution < -0.4 is 5.73 Å². The number of nitrogens with two attached hydrogens (primary N) is 1. The number of hydrogen-bond acceptors (Lipinski definition) is 2. The van der Waals surface area contributed by atoms with Crippen LogP contribution in [-0.2, 0) is 6.54 Å². The lowest BCUT2D eigenvalue weighted by Crippen LogP contribution is -2.21. The van der Waals surface area contributed by atoms with Crippen molar-refractivity contribution in [3.05, 3.63) is 28.2 Å². The van der Waals surface area contributed by atoms with Gasteiger partial charge in [0, 0.05) is 28.8 Å². The Balaban J connectivity index is 1.98. The molecular weight excluding hydrogens is 276 g/mol. The molecule has 0 saturated carbocycles. The average Bonchev–Trinajstić information content (AvgIpc) is 2.72. The van der Waals surface area contributed by atoms with Crippen molar-refractivity contribution in [2.45, 2.75) is 32.7 Å². The fourth-order valence-corrected chi connectivity index (χ4v) is 3.17. The van der Waals surface area contributed by atoms with Gasteiger partial charge in [-0.2, -0.15) is 0 Å². The van der Waals surface area contributed by atoms with Gasteiger partial charge >= 0.3 is 0 Å². The lowest BCUT2D eigenvalue weighted by atomic mass is 10.0. The van der Waals surface area contributed by atoms with Gasteiger partial charge in [-0.1, -0.05) is 35.3 Å². The summed E-state index contributed by atoms with van der Waals surface area (Å²) in [4.78, 5) is 2.52. The second-order valence-corrected chi connectivity index (χ2v) is 5.84. The van der Waals surface area contributed by atoms with Gasteiger partial charge in [0.1, 0.15) is 0 Å². The minimum Gasteiger partial charge on any atom is -0.398 e. The Kier molecular flexibility index (Phi) is 4.46. The van der Waals surface area contributed by atoms with Crippen molar-refractivity contribution >= 4 is 21.6 Å². The maximum Gasteiger partial charge on any atom is 0.0371 e. The summed E-state index contributed by atoms with van der Waals surface area (Å²) < 4.78 is 1.14. The third-order valence-corrected chi connectivity index (χ3v) is 4.35. The molecule has 2 rings (SSSR count). The molecular formula is C14H21BrN2. The highest BCUT2D eigenvalue weighted by Gasteiger charge is 2.22. The summed E-state index contributed by atoms with van der Waals surface area (Å²) in [7, 11) is 0. The fraction of sp³-hybridized carbons (Fsp3) is 0.571. The first-order valence-electron chi connectivity index (χ1n) is 6.46. The minimum absolute atomic E-state index is 0.892. The van der Waals surface area contributed by atoms with Gasteiger partial charge in [-0.05, 0) is 37.4 Å². The zero-order valence-corrected chi connectivity index (χ0v) is 12.0. The van der Waals surface area contributed by atoms with Crippen molar-refractivity contribution in [3.8, 4) is 0 Å². The minimum atomic E-state index is 0.892. The van der Waals surface area contributed by atoms with Crippen LogP contribution in [0.2, 0.25) is 0 Å². The fourth-order valence-electron chi connectivity index (χ4n) is 2.67. The number of likely N-dealkylation sites (tertiary alicyclic amines) is 1. The molecule has 3 heteroatoms. The van der Waals surface area contributed by atoms with Gasteiger partial charge in [0.2, 0.25) is 0 Å². The molecule has 1 fully saturated rings. The highest BCUT2D eigenvalue weighted by Crippen LogP contribution is 2.28. The van der Waals surface area contributed by atoms with Crippen LogP contribution in [0.5, 0.6) is 0 Å². The molecule has 0 aliphatic carbocycles. The van der Waals surface area contributed by atoms with E-state index in [4.69, 9.17) is 5.73 Å². The molecule has 0 spiro atoms. The number of rotatable bonds is 4. The highest BCUT2D eigenvalue weighted by atomic mass is 79.9. The lowest BCUT2D eigenvalue weighted by Gasteiger charge is -2.18. The molecule has 17 heavy (non-hydrogen) atoms. The van der Waals surface area contributed by atoms with Gasteiger partial charge in [0.25, 0.3) is 0 Å². The first-order chi connectivity index (χ1) is 8.20. The molecule has 1 aliphatic heterocycles. The molecule has 1 aromatic carbocycles. The standard InChI is InChI=1S/C14H21BrN2/c1-2-4-11-7-8-17(9-11)10-12-13(15)5-3-6-14(12)16/h3,5-6,11H,2,4,7-10,16H2,1H3. The van der Waals surface area contributed by atoms with Crippen LogP contribution in [0.3, 0.4) is 0 Å². The topological polar surface area (TPSA) is 29.3 Å². The van der Waals surface area contributed by atoms with E-state index >= 15 is 0 Å². The summed E-state index contributed by atoms with van der Waals surface area (Å²) in [6, 6.07) is 6.05. The Morgan fingerprint density at radius 1 is 1.47 bits per heavy atom. The third-order valence-electron chi connectivity index (χ3n) is 3.60. The number of nitrogen functional groups attached to an aromatic ring is 1. The van der Waals surface area contributed by atoms with Crippen molar-refractivity contribution in [2.75, 3.05) is 18.8 Å². The molecule has 1 atom stereocenters. The Hall–Kier alpha value is -0.540. The SMILES string of the molecule is CCCC1CCN(Cc2c(N)cccc2Br)C1. The zero-order valence-electron chi connectivity index (χ0n) is 10.5. The molecule has 0 bridgehead atoms. The maximum atomic E-state index is 6.04. The first-order valence-corrected chi connectivity index (χ1v) is 7.25. The summed E-state index contributed by atoms with van der Waals surface area (Å²) >= 11 is 3.59. The molecule has 1 aromatic rings. The Morgan fingerprint density at radius 2 is 2.29 bits per heavy atom. The molecule has 0 amide bonds. The smallest absolute Gasteiger partial charge is 0.0371 e. The van der Waals surface area contributed by atoms with Crippen LogP contribution in [0.15, 0.2) is 22.7 Å². The summed E-state index contributed by atoms with van der Waals surface area (Å²) in [6.45, 7) is 5.70. The van der Waals surface area contributed by atoms with Gasteiger partial charge < -0.3 is 5.73 Å². The highest BCUT2D eigenvalue weighted by molar-refractivity contribution is 9.10. The van der Waals surface area contributed by atoms with E-state index in [1.807, 2.05) is 12.1 Å². The van der Waals surface area contributed by atoms with Crippen LogP contribution in [0.25, 0.3) is 0 Å². The van der Waals surface area contributed by atoms with Crippen LogP contribution >= 0.6 is 15.9 Å². The summed E-state index contributed by atoms with van der Waals surface area (Å²) in [6.07, 6.45) is 4.01. The first kappa shape index (κ1) is 12.9. The zero-order chi connectivity index (χ0) is 12.3. The molecule has 1 heterocycles. The van der Waals surface area contributed by atoms with Gasteiger partial charge in [-0.25, -0.2) is 0 Å². The second kappa shape index (κ2) is 5.87. The number of anilines is 1. The molecule has 2 nitrogen and oxygen atoms in total. The maximum absolute atomic E-state index is 6.04. The number of benzene rings is 1. The summed E-state index contributed by atoms with van der Waals surface area (Å²) in [5, 5.41) is 0. The molecule has 1 saturated heterocycles. The van der Waals surface area contributed by atoms with Gasteiger partial charge in [0.05, 0.1) is 0 Å². The van der Waals surface area contributed by atoms with E-state index in [1.165, 1.54) is 37.9 Å². The second-order valence-electron chi connectivity index (χ2n) is 4.99. The average molecular weight is 297 g/mol. The van der Waals surface area contributed by atoms with Crippen LogP contribution in [-0.4, -0.2) is 18.0 Å². The van der Waals surface area contributed by atoms with Crippen molar-refractivity contribution < 1.29 is 0 Å². The Bertz CT molecular complexity index is 358. The van der Waals surface area contributed by atoms with Gasteiger partial charge in [-0.15, -0.1) is 0 Å². The van der Waals surface area contributed by atoms with E-state index in [0.29, 0.717) is 0 Å². The molecule has 1 aliphatic rings. The molecule has 94 valence electrons. The molecule has 0 aromatic heterocycles. The molecule has 1 unspecified atom stereocenters. The summed E-state index contributed by atoms with van der Waals surface area (Å²) in [5.41, 5.74) is 8.18. The monoisotopic (exact) mass is 296 g/mol. The largest absolute Gasteiger partial charge is 0.398 e. The van der Waals surface area contributed by atoms with Crippen LogP contribution in [0, 0.1) is 5.92 Å². The van der Waals surface area contributed by atoms with E-state index in [0.717, 1.165) is 22.6 Å². The van der Waals surface area contributed by atoms with E-state index in [9.17, 15) is 0 Å². The number of hydrogen-bond donors (Lipinski definition) is 1. The van der Waals surface area contributed by atoms with Crippen LogP contribution in [0.4, 0.5) is 5.69 Å². The Morgan fingerprint density at radius 3 is 3.00 bits per heavy atom. The Labute approximate surface area is 112 Å². The summed E-state index contributed by atoms with van der Waals surface area (Å²) in [5.74, 6) is 0.892. The van der Waals surface area contributed by atoms with Crippen molar-refractivity contribution in [2.24, 2.45) is 5.92 Å². The van der Waals surface area contributed by atoms with Gasteiger partial charge in [0.15, 0.2) is 0 Å². The quantitative estimate of drug-likeness (QED) is 0.860. The predicted molar refractivity (Wildman–Crippen MR) is 76.8 cm³/mol. The predicted octanol–water partition coefficient (Wildman–Crippen LogP) is 3.65. The molecule has 0 radical (unpaired) electrons. The van der Waals surface area contributed by atoms with Gasteiger partial charge in [-0.3, -0.25) is 4.90 Å². The van der Waals surface area contributed by atoms with Crippen molar-refractivity contribution in [1.29, 1.82) is 0 Å². The molecule has 2 N–H and O–H groups in total. The number of halogens is 1. The van der Waals surface area contributed by atoms with E-state index in [-0.39, 0.29) is 0 Å². The lowest BCUT2D eigenvalue weighted by molar-refractivity contribution is 0.313. The van der Waals surface area contributed by atoms with E-state index in [2.05, 4.69) is 33.8 Å². The van der Waals surface area contributed by atoms with Crippen molar-refractivity contribution in [1.82, 2.24) is 4.90 Å². The van der Waals surface area contributed by atoms with Crippen molar-refractivity contribution in [3.63, 3.8) is 0 Å². The third kappa shape index (κ3) is 3.23. The normalized spacial score (nSPS) is 20.9.